The van der Waals surface area contributed by atoms with Gasteiger partial charge in [-0.25, -0.2) is 5.43 Å². The number of carbonyl (C=O) groups is 1. The molecule has 32 heavy (non-hydrogen) atoms. The predicted octanol–water partition coefficient (Wildman–Crippen LogP) is 5.80. The maximum atomic E-state index is 12.2. The molecular weight excluding hydrogens is 515 g/mol. The largest absolute Gasteiger partial charge is 0.493 e. The lowest BCUT2D eigenvalue weighted by molar-refractivity contribution is 0.0955. The molecule has 0 aliphatic heterocycles. The number of halogens is 1. The molecule has 160 valence electrons. The van der Waals surface area contributed by atoms with Gasteiger partial charge in [0.25, 0.3) is 5.91 Å². The van der Waals surface area contributed by atoms with Crippen LogP contribution in [0.5, 0.6) is 11.5 Å². The highest BCUT2D eigenvalue weighted by Gasteiger charge is 2.08. The van der Waals surface area contributed by atoms with Gasteiger partial charge in [-0.1, -0.05) is 48.5 Å². The van der Waals surface area contributed by atoms with Crippen LogP contribution in [0, 0.1) is 3.57 Å². The Balaban J connectivity index is 1.43. The quantitative estimate of drug-likeness (QED) is 0.185. The Morgan fingerprint density at radius 1 is 0.969 bits per heavy atom. The van der Waals surface area contributed by atoms with E-state index in [2.05, 4.69) is 57.4 Å². The number of hydrazone groups is 1. The molecule has 4 rings (SSSR count). The summed E-state index contributed by atoms with van der Waals surface area (Å²) in [7, 11) is 1.60. The topological polar surface area (TPSA) is 59.9 Å². The zero-order chi connectivity index (χ0) is 22.3. The Morgan fingerprint density at radius 2 is 1.78 bits per heavy atom. The van der Waals surface area contributed by atoms with E-state index in [0.29, 0.717) is 23.7 Å². The summed E-state index contributed by atoms with van der Waals surface area (Å²) < 4.78 is 12.5. The third kappa shape index (κ3) is 5.26. The van der Waals surface area contributed by atoms with Crippen molar-refractivity contribution >= 4 is 45.5 Å². The van der Waals surface area contributed by atoms with E-state index in [1.54, 1.807) is 25.5 Å². The zero-order valence-corrected chi connectivity index (χ0v) is 19.6. The number of nitrogens with one attached hydrogen (secondary N) is 1. The number of carbonyl (C=O) groups excluding carboxylic acids is 1. The predicted molar refractivity (Wildman–Crippen MR) is 135 cm³/mol. The van der Waals surface area contributed by atoms with Gasteiger partial charge >= 0.3 is 0 Å². The van der Waals surface area contributed by atoms with Crippen molar-refractivity contribution in [2.45, 2.75) is 6.61 Å². The van der Waals surface area contributed by atoms with E-state index in [0.717, 1.165) is 14.7 Å². The maximum Gasteiger partial charge on any atom is 0.271 e. The minimum Gasteiger partial charge on any atom is -0.493 e. The van der Waals surface area contributed by atoms with Gasteiger partial charge < -0.3 is 9.47 Å². The minimum atomic E-state index is -0.262. The molecule has 1 amide bonds. The van der Waals surface area contributed by atoms with Gasteiger partial charge in [0.05, 0.1) is 13.3 Å². The van der Waals surface area contributed by atoms with Crippen LogP contribution >= 0.6 is 22.6 Å². The molecule has 0 atom stereocenters. The van der Waals surface area contributed by atoms with Crippen LogP contribution in [0.4, 0.5) is 0 Å². The van der Waals surface area contributed by atoms with Crippen molar-refractivity contribution in [3.63, 3.8) is 0 Å². The first-order valence-corrected chi connectivity index (χ1v) is 11.1. The van der Waals surface area contributed by atoms with Gasteiger partial charge in [0.1, 0.15) is 6.61 Å². The molecule has 0 fully saturated rings. The molecule has 5 nitrogen and oxygen atoms in total. The summed E-state index contributed by atoms with van der Waals surface area (Å²) in [6.07, 6.45) is 1.57. The fourth-order valence-corrected chi connectivity index (χ4v) is 3.86. The standard InChI is InChI=1S/C26H21IN2O3/c1-31-25-14-18(16-28-29-26(30)20-8-5-10-22(27)15-20)12-13-24(25)32-17-21-9-4-7-19-6-2-3-11-23(19)21/h2-16H,17H2,1H3,(H,29,30)/b28-16-. The number of amides is 1. The van der Waals surface area contributed by atoms with E-state index in [-0.39, 0.29) is 5.91 Å². The van der Waals surface area contributed by atoms with Gasteiger partial charge in [-0.3, -0.25) is 4.79 Å². The fourth-order valence-electron chi connectivity index (χ4n) is 3.32. The Labute approximate surface area is 200 Å². The summed E-state index contributed by atoms with van der Waals surface area (Å²) in [6.45, 7) is 0.428. The molecule has 0 radical (unpaired) electrons. The highest BCUT2D eigenvalue weighted by molar-refractivity contribution is 14.1. The number of methoxy groups -OCH3 is 1. The SMILES string of the molecule is COc1cc(/C=N\NC(=O)c2cccc(I)c2)ccc1OCc1cccc2ccccc12. The highest BCUT2D eigenvalue weighted by atomic mass is 127. The monoisotopic (exact) mass is 536 g/mol. The second-order valence-corrected chi connectivity index (χ2v) is 8.29. The molecule has 0 aromatic heterocycles. The van der Waals surface area contributed by atoms with E-state index in [1.807, 2.05) is 48.5 Å². The molecule has 6 heteroatoms. The average molecular weight is 536 g/mol. The first kappa shape index (κ1) is 21.8. The Kier molecular flexibility index (Phi) is 7.01. The van der Waals surface area contributed by atoms with Crippen molar-refractivity contribution in [1.29, 1.82) is 0 Å². The Bertz CT molecular complexity index is 1280. The van der Waals surface area contributed by atoms with Crippen molar-refractivity contribution in [3.05, 3.63) is 105 Å². The van der Waals surface area contributed by atoms with Crippen LogP contribution < -0.4 is 14.9 Å². The molecule has 0 aliphatic rings. The number of ether oxygens (including phenoxy) is 2. The lowest BCUT2D eigenvalue weighted by Gasteiger charge is -2.12. The van der Waals surface area contributed by atoms with Gasteiger partial charge in [0, 0.05) is 9.13 Å². The number of nitrogens with zero attached hydrogens (tertiary/aromatic N) is 1. The second kappa shape index (κ2) is 10.3. The summed E-state index contributed by atoms with van der Waals surface area (Å²) in [5.74, 6) is 0.973. The van der Waals surface area contributed by atoms with Crippen molar-refractivity contribution in [2.24, 2.45) is 5.10 Å². The molecule has 4 aromatic rings. The summed E-state index contributed by atoms with van der Waals surface area (Å²) >= 11 is 2.17. The smallest absolute Gasteiger partial charge is 0.271 e. The molecule has 0 aliphatic carbocycles. The molecule has 4 aromatic carbocycles. The minimum absolute atomic E-state index is 0.262. The summed E-state index contributed by atoms with van der Waals surface area (Å²) in [4.78, 5) is 12.2. The molecule has 1 N–H and O–H groups in total. The highest BCUT2D eigenvalue weighted by Crippen LogP contribution is 2.29. The van der Waals surface area contributed by atoms with Crippen LogP contribution in [0.3, 0.4) is 0 Å². The van der Waals surface area contributed by atoms with Crippen LogP contribution in [0.15, 0.2) is 90.0 Å². The Morgan fingerprint density at radius 3 is 2.62 bits per heavy atom. The third-order valence-corrected chi connectivity index (χ3v) is 5.59. The van der Waals surface area contributed by atoms with Crippen LogP contribution in [-0.2, 0) is 6.61 Å². The van der Waals surface area contributed by atoms with Crippen LogP contribution in [0.25, 0.3) is 10.8 Å². The molecule has 0 unspecified atom stereocenters. The molecule has 0 saturated carbocycles. The number of hydrogen-bond acceptors (Lipinski definition) is 4. The maximum absolute atomic E-state index is 12.2. The van der Waals surface area contributed by atoms with Gasteiger partial charge in [-0.15, -0.1) is 0 Å². The number of hydrogen-bond donors (Lipinski definition) is 1. The van der Waals surface area contributed by atoms with Gasteiger partial charge in [-0.05, 0) is 80.9 Å². The van der Waals surface area contributed by atoms with E-state index in [1.165, 1.54) is 10.8 Å². The van der Waals surface area contributed by atoms with Gasteiger partial charge in [0.15, 0.2) is 11.5 Å². The second-order valence-electron chi connectivity index (χ2n) is 7.05. The third-order valence-electron chi connectivity index (χ3n) is 4.92. The molecule has 0 saturated heterocycles. The van der Waals surface area contributed by atoms with Crippen LogP contribution in [0.1, 0.15) is 21.5 Å². The molecule has 0 spiro atoms. The fraction of sp³-hybridized carbons (Fsp3) is 0.0769. The van der Waals surface area contributed by atoms with Crippen molar-refractivity contribution in [2.75, 3.05) is 7.11 Å². The first-order valence-electron chi connectivity index (χ1n) is 10.0. The first-order chi connectivity index (χ1) is 15.6. The van der Waals surface area contributed by atoms with E-state index in [4.69, 9.17) is 9.47 Å². The van der Waals surface area contributed by atoms with E-state index < -0.39 is 0 Å². The van der Waals surface area contributed by atoms with Gasteiger partial charge in [-0.2, -0.15) is 5.10 Å². The normalized spacial score (nSPS) is 10.9. The zero-order valence-electron chi connectivity index (χ0n) is 17.4. The van der Waals surface area contributed by atoms with Crippen LogP contribution in [0.2, 0.25) is 0 Å². The molecule has 0 bridgehead atoms. The molecule has 0 heterocycles. The number of fused-ring (bicyclic) bond motifs is 1. The lowest BCUT2D eigenvalue weighted by atomic mass is 10.1. The van der Waals surface area contributed by atoms with Crippen molar-refractivity contribution < 1.29 is 14.3 Å². The number of benzene rings is 4. The molecular formula is C26H21IN2O3. The lowest BCUT2D eigenvalue weighted by Crippen LogP contribution is -2.17. The van der Waals surface area contributed by atoms with Crippen molar-refractivity contribution in [1.82, 2.24) is 5.43 Å². The average Bonchev–Trinajstić information content (AvgIpc) is 2.83. The van der Waals surface area contributed by atoms with E-state index in [9.17, 15) is 4.79 Å². The van der Waals surface area contributed by atoms with Gasteiger partial charge in [0.2, 0.25) is 0 Å². The Hall–Kier alpha value is -3.39. The summed E-state index contributed by atoms with van der Waals surface area (Å²) in [5, 5.41) is 6.41. The van der Waals surface area contributed by atoms with Crippen LogP contribution in [-0.4, -0.2) is 19.2 Å². The summed E-state index contributed by atoms with van der Waals surface area (Å²) in [5.41, 5.74) is 4.99. The summed E-state index contributed by atoms with van der Waals surface area (Å²) in [6, 6.07) is 27.2. The van der Waals surface area contributed by atoms with Crippen molar-refractivity contribution in [3.8, 4) is 11.5 Å². The number of rotatable bonds is 7. The van der Waals surface area contributed by atoms with E-state index >= 15 is 0 Å².